The van der Waals surface area contributed by atoms with Gasteiger partial charge in [0, 0.05) is 0 Å². The highest BCUT2D eigenvalue weighted by molar-refractivity contribution is 5.37. The van der Waals surface area contributed by atoms with Crippen molar-refractivity contribution < 1.29 is 14.2 Å². The second kappa shape index (κ2) is 9.07. The Bertz CT molecular complexity index is 893. The van der Waals surface area contributed by atoms with Crippen LogP contribution in [0.2, 0.25) is 0 Å². The van der Waals surface area contributed by atoms with Crippen LogP contribution in [0.25, 0.3) is 0 Å². The summed E-state index contributed by atoms with van der Waals surface area (Å²) in [6, 6.07) is 17.5. The van der Waals surface area contributed by atoms with Crippen LogP contribution in [0.3, 0.4) is 0 Å². The molecule has 2 heterocycles. The minimum absolute atomic E-state index is 0.547. The first-order valence-corrected chi connectivity index (χ1v) is 13.3. The molecule has 2 aliphatic heterocycles. The van der Waals surface area contributed by atoms with Crippen molar-refractivity contribution >= 4 is 0 Å². The molecule has 3 heteroatoms. The second-order valence-electron chi connectivity index (χ2n) is 11.3. The van der Waals surface area contributed by atoms with Gasteiger partial charge >= 0.3 is 0 Å². The first kappa shape index (κ1) is 21.7. The third kappa shape index (κ3) is 5.15. The predicted octanol–water partition coefficient (Wildman–Crippen LogP) is 7.60. The summed E-state index contributed by atoms with van der Waals surface area (Å²) in [5.74, 6) is 4.59. The highest BCUT2D eigenvalue weighted by Gasteiger charge is 2.44. The van der Waals surface area contributed by atoms with Gasteiger partial charge in [-0.2, -0.15) is 0 Å². The first-order valence-electron chi connectivity index (χ1n) is 13.3. The lowest BCUT2D eigenvalue weighted by Gasteiger charge is -2.23. The Morgan fingerprint density at radius 3 is 1.64 bits per heavy atom. The molecule has 0 bridgehead atoms. The van der Waals surface area contributed by atoms with Gasteiger partial charge in [0.15, 0.2) is 0 Å². The summed E-state index contributed by atoms with van der Waals surface area (Å²) in [5.41, 5.74) is 2.77. The summed E-state index contributed by atoms with van der Waals surface area (Å²) in [4.78, 5) is 0. The molecule has 0 N–H and O–H groups in total. The SMILES string of the molecule is CC(CC1CCC2OC2C1)c1cccc(Oc2cccc(C(C)CC3CCC4OC4C3)c2)c1. The number of benzene rings is 2. The van der Waals surface area contributed by atoms with Crippen LogP contribution in [0.4, 0.5) is 0 Å². The average molecular weight is 447 g/mol. The van der Waals surface area contributed by atoms with Crippen molar-refractivity contribution in [2.45, 2.75) is 101 Å². The van der Waals surface area contributed by atoms with Crippen LogP contribution in [0.5, 0.6) is 11.5 Å². The maximum absolute atomic E-state index is 6.35. The van der Waals surface area contributed by atoms with Crippen LogP contribution in [0.15, 0.2) is 48.5 Å². The fourth-order valence-corrected chi connectivity index (χ4v) is 6.58. The highest BCUT2D eigenvalue weighted by atomic mass is 16.6. The van der Waals surface area contributed by atoms with Crippen LogP contribution >= 0.6 is 0 Å². The fourth-order valence-electron chi connectivity index (χ4n) is 6.58. The summed E-state index contributed by atoms with van der Waals surface area (Å²) in [5, 5.41) is 0. The highest BCUT2D eigenvalue weighted by Crippen LogP contribution is 2.44. The van der Waals surface area contributed by atoms with E-state index in [0.29, 0.717) is 36.3 Å². The molecule has 6 rings (SSSR count). The van der Waals surface area contributed by atoms with Crippen molar-refractivity contribution in [3.8, 4) is 11.5 Å². The molecule has 33 heavy (non-hydrogen) atoms. The van der Waals surface area contributed by atoms with E-state index in [1.165, 1.54) is 62.5 Å². The molecule has 8 atom stereocenters. The zero-order valence-electron chi connectivity index (χ0n) is 20.1. The van der Waals surface area contributed by atoms with Crippen molar-refractivity contribution in [1.82, 2.24) is 0 Å². The van der Waals surface area contributed by atoms with E-state index >= 15 is 0 Å². The van der Waals surface area contributed by atoms with Crippen molar-refractivity contribution in [3.63, 3.8) is 0 Å². The Labute approximate surface area is 198 Å². The molecule has 0 aromatic heterocycles. The summed E-state index contributed by atoms with van der Waals surface area (Å²) in [6.07, 6.45) is 12.5. The lowest BCUT2D eigenvalue weighted by molar-refractivity contribution is 0.338. The average Bonchev–Trinajstić information content (AvgIpc) is 3.74. The molecule has 0 amide bonds. The van der Waals surface area contributed by atoms with Crippen molar-refractivity contribution in [2.75, 3.05) is 0 Å². The Morgan fingerprint density at radius 1 is 0.697 bits per heavy atom. The van der Waals surface area contributed by atoms with E-state index in [9.17, 15) is 0 Å². The van der Waals surface area contributed by atoms with Gasteiger partial charge in [0.2, 0.25) is 0 Å². The van der Waals surface area contributed by atoms with Gasteiger partial charge in [-0.1, -0.05) is 38.1 Å². The molecular weight excluding hydrogens is 408 g/mol. The van der Waals surface area contributed by atoms with E-state index < -0.39 is 0 Å². The zero-order valence-corrected chi connectivity index (χ0v) is 20.1. The largest absolute Gasteiger partial charge is 0.457 e. The topological polar surface area (TPSA) is 34.3 Å². The van der Waals surface area contributed by atoms with Gasteiger partial charge in [-0.05, 0) is 110 Å². The second-order valence-corrected chi connectivity index (χ2v) is 11.3. The fraction of sp³-hybridized carbons (Fsp3) is 0.600. The molecule has 0 radical (unpaired) electrons. The molecule has 4 aliphatic rings. The standard InChI is InChI=1S/C30H38O3/c1-19(13-21-9-11-27-29(15-21)32-27)23-5-3-7-25(17-23)31-26-8-4-6-24(18-26)20(2)14-22-10-12-28-30(16-22)33-28/h3-8,17-22,27-30H,9-16H2,1-2H3. The summed E-state index contributed by atoms with van der Waals surface area (Å²) in [6.45, 7) is 4.73. The molecule has 4 fully saturated rings. The molecule has 2 aliphatic carbocycles. The van der Waals surface area contributed by atoms with Crippen LogP contribution in [-0.4, -0.2) is 24.4 Å². The number of hydrogen-bond donors (Lipinski definition) is 0. The normalized spacial score (nSPS) is 34.0. The maximum Gasteiger partial charge on any atom is 0.127 e. The van der Waals surface area contributed by atoms with Crippen molar-refractivity contribution in [3.05, 3.63) is 59.7 Å². The van der Waals surface area contributed by atoms with E-state index in [0.717, 1.165) is 23.3 Å². The predicted molar refractivity (Wildman–Crippen MR) is 131 cm³/mol. The third-order valence-corrected chi connectivity index (χ3v) is 8.69. The van der Waals surface area contributed by atoms with E-state index in [2.05, 4.69) is 62.4 Å². The van der Waals surface area contributed by atoms with E-state index in [4.69, 9.17) is 14.2 Å². The van der Waals surface area contributed by atoms with E-state index in [-0.39, 0.29) is 0 Å². The monoisotopic (exact) mass is 446 g/mol. The van der Waals surface area contributed by atoms with Crippen LogP contribution in [-0.2, 0) is 9.47 Å². The summed E-state index contributed by atoms with van der Waals surface area (Å²) in [7, 11) is 0. The van der Waals surface area contributed by atoms with Gasteiger partial charge in [0.05, 0.1) is 24.4 Å². The van der Waals surface area contributed by atoms with Crippen LogP contribution < -0.4 is 4.74 Å². The Balaban J connectivity index is 1.07. The first-order chi connectivity index (χ1) is 16.1. The van der Waals surface area contributed by atoms with Gasteiger partial charge in [0.25, 0.3) is 0 Å². The molecule has 2 aromatic rings. The van der Waals surface area contributed by atoms with Gasteiger partial charge < -0.3 is 14.2 Å². The van der Waals surface area contributed by atoms with Crippen molar-refractivity contribution in [2.24, 2.45) is 11.8 Å². The number of ether oxygens (including phenoxy) is 3. The van der Waals surface area contributed by atoms with E-state index in [1.54, 1.807) is 0 Å². The molecule has 2 aromatic carbocycles. The van der Waals surface area contributed by atoms with Gasteiger partial charge in [-0.15, -0.1) is 0 Å². The molecule has 2 saturated carbocycles. The molecular formula is C30H38O3. The maximum atomic E-state index is 6.35. The minimum atomic E-state index is 0.547. The smallest absolute Gasteiger partial charge is 0.127 e. The molecule has 3 nitrogen and oxygen atoms in total. The Kier molecular flexibility index (Phi) is 5.96. The molecule has 2 saturated heterocycles. The lowest BCUT2D eigenvalue weighted by Crippen LogP contribution is -2.15. The molecule has 176 valence electrons. The third-order valence-electron chi connectivity index (χ3n) is 8.69. The van der Waals surface area contributed by atoms with E-state index in [1.807, 2.05) is 0 Å². The van der Waals surface area contributed by atoms with Gasteiger partial charge in [-0.25, -0.2) is 0 Å². The quantitative estimate of drug-likeness (QED) is 0.392. The van der Waals surface area contributed by atoms with Gasteiger partial charge in [-0.3, -0.25) is 0 Å². The summed E-state index contributed by atoms with van der Waals surface area (Å²) >= 11 is 0. The number of hydrogen-bond acceptors (Lipinski definition) is 3. The molecule has 0 spiro atoms. The lowest BCUT2D eigenvalue weighted by atomic mass is 9.81. The Hall–Kier alpha value is -1.84. The number of rotatable bonds is 8. The summed E-state index contributed by atoms with van der Waals surface area (Å²) < 4.78 is 17.8. The van der Waals surface area contributed by atoms with Crippen molar-refractivity contribution in [1.29, 1.82) is 0 Å². The van der Waals surface area contributed by atoms with Crippen LogP contribution in [0, 0.1) is 11.8 Å². The molecule has 8 unspecified atom stereocenters. The number of fused-ring (bicyclic) bond motifs is 2. The van der Waals surface area contributed by atoms with Crippen LogP contribution in [0.1, 0.15) is 88.2 Å². The zero-order chi connectivity index (χ0) is 22.4. The minimum Gasteiger partial charge on any atom is -0.457 e. The Morgan fingerprint density at radius 2 is 1.18 bits per heavy atom. The van der Waals surface area contributed by atoms with Gasteiger partial charge in [0.1, 0.15) is 11.5 Å². The number of epoxide rings is 2.